The number of para-hydroxylation sites is 1. The Morgan fingerprint density at radius 2 is 2.00 bits per heavy atom. The number of anilines is 1. The third kappa shape index (κ3) is 4.61. The molecule has 9 heteroatoms. The summed E-state index contributed by atoms with van der Waals surface area (Å²) in [5.41, 5.74) is 1.35. The lowest BCUT2D eigenvalue weighted by atomic mass is 9.97. The number of rotatable bonds is 5. The fourth-order valence-electron chi connectivity index (χ4n) is 3.30. The van der Waals surface area contributed by atoms with Crippen LogP contribution in [0, 0.1) is 21.4 Å². The molecule has 0 radical (unpaired) electrons. The second kappa shape index (κ2) is 9.38. The topological polar surface area (TPSA) is 129 Å². The first-order valence-corrected chi connectivity index (χ1v) is 10.8. The number of non-ortho nitro benzene ring substituents is 1. The van der Waals surface area contributed by atoms with Crippen LogP contribution in [-0.2, 0) is 4.79 Å². The van der Waals surface area contributed by atoms with E-state index in [0.717, 1.165) is 0 Å². The van der Waals surface area contributed by atoms with Gasteiger partial charge in [-0.05, 0) is 29.8 Å². The number of amides is 1. The molecule has 2 aromatic carbocycles. The number of carbonyl (C=O) groups is 1. The van der Waals surface area contributed by atoms with Crippen molar-refractivity contribution >= 4 is 29.2 Å². The van der Waals surface area contributed by atoms with Gasteiger partial charge < -0.3 is 10.4 Å². The maximum atomic E-state index is 12.8. The van der Waals surface area contributed by atoms with Gasteiger partial charge in [-0.15, -0.1) is 11.8 Å². The fourth-order valence-corrected chi connectivity index (χ4v) is 4.04. The number of aromatic hydroxyl groups is 1. The number of carbonyl (C=O) groups excluding carboxylic acids is 1. The summed E-state index contributed by atoms with van der Waals surface area (Å²) in [6, 6.07) is 16.0. The predicted molar refractivity (Wildman–Crippen MR) is 126 cm³/mol. The molecular formula is C24H16N4O4S. The van der Waals surface area contributed by atoms with Crippen molar-refractivity contribution in [3.05, 3.63) is 93.4 Å². The molecule has 0 spiro atoms. The number of hydrogen-bond donors (Lipinski definition) is 2. The molecule has 0 bridgehead atoms. The summed E-state index contributed by atoms with van der Waals surface area (Å²) in [7, 11) is 0. The van der Waals surface area contributed by atoms with Crippen LogP contribution in [0.25, 0.3) is 22.4 Å². The van der Waals surface area contributed by atoms with Gasteiger partial charge in [-0.2, -0.15) is 5.26 Å². The van der Waals surface area contributed by atoms with Crippen molar-refractivity contribution in [3.63, 3.8) is 0 Å². The molecule has 1 aliphatic heterocycles. The van der Waals surface area contributed by atoms with Crippen molar-refractivity contribution in [2.75, 3.05) is 11.1 Å². The van der Waals surface area contributed by atoms with Crippen LogP contribution in [0.15, 0.2) is 77.7 Å². The standard InChI is InChI=1S/C24H16N4O4S/c25-14-19-18(15-6-5-7-16(12-15)28(31)32)13-20(17-8-1-2-9-21(17)29)26-23(19)27-24(30)22-10-3-4-11-33-22/h1-10,12-13,29H,11H2,(H,26,27,30). The van der Waals surface area contributed by atoms with E-state index in [1.165, 1.54) is 36.0 Å². The van der Waals surface area contributed by atoms with Gasteiger partial charge in [0.1, 0.15) is 17.4 Å². The molecule has 0 saturated carbocycles. The first-order chi connectivity index (χ1) is 16.0. The van der Waals surface area contributed by atoms with Crippen LogP contribution in [0.2, 0.25) is 0 Å². The molecule has 3 aromatic rings. The second-order valence-corrected chi connectivity index (χ2v) is 8.00. The number of nitrogens with one attached hydrogen (secondary N) is 1. The lowest BCUT2D eigenvalue weighted by molar-refractivity contribution is -0.384. The minimum absolute atomic E-state index is 0.000752. The Kier molecular flexibility index (Phi) is 6.20. The van der Waals surface area contributed by atoms with E-state index in [-0.39, 0.29) is 22.8 Å². The van der Waals surface area contributed by atoms with Crippen molar-refractivity contribution in [1.29, 1.82) is 5.26 Å². The number of hydrogen-bond acceptors (Lipinski definition) is 7. The van der Waals surface area contributed by atoms with Crippen molar-refractivity contribution in [2.45, 2.75) is 0 Å². The summed E-state index contributed by atoms with van der Waals surface area (Å²) in [5.74, 6) is 0.190. The van der Waals surface area contributed by atoms with E-state index in [2.05, 4.69) is 16.4 Å². The summed E-state index contributed by atoms with van der Waals surface area (Å²) in [6.07, 6.45) is 5.36. The average Bonchev–Trinajstić information content (AvgIpc) is 2.84. The lowest BCUT2D eigenvalue weighted by Gasteiger charge is -2.15. The number of thioether (sulfide) groups is 1. The molecule has 0 fully saturated rings. The van der Waals surface area contributed by atoms with E-state index in [1.807, 2.05) is 6.08 Å². The normalized spacial score (nSPS) is 12.5. The largest absolute Gasteiger partial charge is 0.507 e. The van der Waals surface area contributed by atoms with Crippen LogP contribution in [0.3, 0.4) is 0 Å². The minimum atomic E-state index is -0.524. The molecule has 0 unspecified atom stereocenters. The zero-order valence-corrected chi connectivity index (χ0v) is 17.9. The van der Waals surface area contributed by atoms with Gasteiger partial charge in [-0.3, -0.25) is 14.9 Å². The number of nitro benzene ring substituents is 1. The Balaban J connectivity index is 1.91. The number of nitro groups is 1. The summed E-state index contributed by atoms with van der Waals surface area (Å²) in [5, 5.41) is 34.2. The summed E-state index contributed by atoms with van der Waals surface area (Å²) >= 11 is 1.35. The van der Waals surface area contributed by atoms with E-state index < -0.39 is 10.8 Å². The Bertz CT molecular complexity index is 1380. The van der Waals surface area contributed by atoms with E-state index >= 15 is 0 Å². The van der Waals surface area contributed by atoms with Crippen LogP contribution in [0.4, 0.5) is 11.5 Å². The van der Waals surface area contributed by atoms with Gasteiger partial charge in [0.05, 0.1) is 15.5 Å². The molecule has 2 N–H and O–H groups in total. The fraction of sp³-hybridized carbons (Fsp3) is 0.0417. The Labute approximate surface area is 193 Å². The zero-order valence-electron chi connectivity index (χ0n) is 17.1. The number of aromatic nitrogens is 1. The van der Waals surface area contributed by atoms with Gasteiger partial charge >= 0.3 is 0 Å². The SMILES string of the molecule is N#Cc1c(-c2cccc([N+](=O)[O-])c2)cc(-c2ccccc2O)nc1NC(=O)C1=CC=CCS1. The summed E-state index contributed by atoms with van der Waals surface area (Å²) in [6.45, 7) is 0. The van der Waals surface area contributed by atoms with Gasteiger partial charge in [-0.1, -0.05) is 36.4 Å². The molecule has 1 aromatic heterocycles. The molecule has 0 saturated heterocycles. The molecule has 4 rings (SSSR count). The van der Waals surface area contributed by atoms with Crippen molar-refractivity contribution in [3.8, 4) is 34.2 Å². The van der Waals surface area contributed by atoms with Crippen LogP contribution < -0.4 is 5.32 Å². The first kappa shape index (κ1) is 21.8. The van der Waals surface area contributed by atoms with Crippen LogP contribution in [-0.4, -0.2) is 26.7 Å². The summed E-state index contributed by atoms with van der Waals surface area (Å²) < 4.78 is 0. The van der Waals surface area contributed by atoms with E-state index in [4.69, 9.17) is 0 Å². The van der Waals surface area contributed by atoms with Crippen LogP contribution in [0.5, 0.6) is 5.75 Å². The number of benzene rings is 2. The second-order valence-electron chi connectivity index (χ2n) is 6.94. The maximum absolute atomic E-state index is 12.8. The van der Waals surface area contributed by atoms with Gasteiger partial charge in [-0.25, -0.2) is 4.98 Å². The number of phenolic OH excluding ortho intramolecular Hbond substituents is 1. The Morgan fingerprint density at radius 1 is 1.18 bits per heavy atom. The molecule has 0 aliphatic carbocycles. The van der Waals surface area contributed by atoms with Crippen LogP contribution in [0.1, 0.15) is 5.56 Å². The first-order valence-electron chi connectivity index (χ1n) is 9.77. The minimum Gasteiger partial charge on any atom is -0.507 e. The molecular weight excluding hydrogens is 440 g/mol. The van der Waals surface area contributed by atoms with Gasteiger partial charge in [0.25, 0.3) is 11.6 Å². The number of pyridine rings is 1. The maximum Gasteiger partial charge on any atom is 0.270 e. The molecule has 162 valence electrons. The molecule has 1 amide bonds. The molecule has 33 heavy (non-hydrogen) atoms. The Hall–Kier alpha value is -4.42. The van der Waals surface area contributed by atoms with Gasteiger partial charge in [0.2, 0.25) is 0 Å². The summed E-state index contributed by atoms with van der Waals surface area (Å²) in [4.78, 5) is 28.5. The lowest BCUT2D eigenvalue weighted by Crippen LogP contribution is -2.16. The number of allylic oxidation sites excluding steroid dienone is 2. The van der Waals surface area contributed by atoms with E-state index in [0.29, 0.717) is 33.0 Å². The number of phenols is 1. The molecule has 2 heterocycles. The van der Waals surface area contributed by atoms with Gasteiger partial charge in [0.15, 0.2) is 5.82 Å². The monoisotopic (exact) mass is 456 g/mol. The highest BCUT2D eigenvalue weighted by Crippen LogP contribution is 2.36. The van der Waals surface area contributed by atoms with Gasteiger partial charge in [0, 0.05) is 29.0 Å². The highest BCUT2D eigenvalue weighted by molar-refractivity contribution is 8.04. The predicted octanol–water partition coefficient (Wildman–Crippen LogP) is 5.03. The highest BCUT2D eigenvalue weighted by atomic mass is 32.2. The zero-order chi connectivity index (χ0) is 23.4. The number of nitriles is 1. The van der Waals surface area contributed by atoms with E-state index in [1.54, 1.807) is 42.5 Å². The highest BCUT2D eigenvalue weighted by Gasteiger charge is 2.21. The molecule has 0 atom stereocenters. The smallest absolute Gasteiger partial charge is 0.270 e. The molecule has 1 aliphatic rings. The average molecular weight is 456 g/mol. The third-order valence-electron chi connectivity index (χ3n) is 4.85. The van der Waals surface area contributed by atoms with Crippen LogP contribution >= 0.6 is 11.8 Å². The Morgan fingerprint density at radius 3 is 2.70 bits per heavy atom. The molecule has 8 nitrogen and oxygen atoms in total. The van der Waals surface area contributed by atoms with Crippen molar-refractivity contribution in [1.82, 2.24) is 4.98 Å². The quantitative estimate of drug-likeness (QED) is 0.407. The third-order valence-corrected chi connectivity index (χ3v) is 5.85. The number of nitrogens with zero attached hydrogens (tertiary/aromatic N) is 3. The van der Waals surface area contributed by atoms with E-state index in [9.17, 15) is 25.3 Å². The van der Waals surface area contributed by atoms with Crippen molar-refractivity contribution < 1.29 is 14.8 Å². The van der Waals surface area contributed by atoms with Crippen molar-refractivity contribution in [2.24, 2.45) is 0 Å².